The second-order valence-corrected chi connectivity index (χ2v) is 3.86. The molecule has 0 saturated carbocycles. The van der Waals surface area contributed by atoms with Gasteiger partial charge in [-0.3, -0.25) is 14.9 Å². The molecule has 0 aliphatic carbocycles. The quantitative estimate of drug-likeness (QED) is 0.469. The average Bonchev–Trinajstić information content (AvgIpc) is 2.46. The van der Waals surface area contributed by atoms with E-state index in [4.69, 9.17) is 4.74 Å². The summed E-state index contributed by atoms with van der Waals surface area (Å²) < 4.78 is 5.46. The van der Waals surface area contributed by atoms with Crippen molar-refractivity contribution >= 4 is 12.0 Å². The van der Waals surface area contributed by atoms with Crippen LogP contribution < -0.4 is 4.74 Å². The molecule has 0 unspecified atom stereocenters. The first-order valence-electron chi connectivity index (χ1n) is 5.61. The van der Waals surface area contributed by atoms with Crippen LogP contribution in [0.4, 0.5) is 5.69 Å². The normalized spacial score (nSPS) is 9.89. The number of aldehydes is 1. The van der Waals surface area contributed by atoms with Gasteiger partial charge in [0.1, 0.15) is 18.6 Å². The number of hydrogen-bond donors (Lipinski definition) is 0. The first-order chi connectivity index (χ1) is 9.20. The lowest BCUT2D eigenvalue weighted by Crippen LogP contribution is -2.00. The molecule has 5 nitrogen and oxygen atoms in total. The topological polar surface area (TPSA) is 69.4 Å². The minimum absolute atomic E-state index is 0.0343. The number of carbonyl (C=O) groups is 1. The van der Waals surface area contributed by atoms with E-state index in [1.54, 1.807) is 42.5 Å². The van der Waals surface area contributed by atoms with Crippen molar-refractivity contribution in [2.45, 2.75) is 6.61 Å². The Bertz CT molecular complexity index is 593. The number of carbonyl (C=O) groups excluding carboxylic acids is 1. The van der Waals surface area contributed by atoms with E-state index < -0.39 is 4.92 Å². The smallest absolute Gasteiger partial charge is 0.276 e. The van der Waals surface area contributed by atoms with Gasteiger partial charge < -0.3 is 4.74 Å². The van der Waals surface area contributed by atoms with Gasteiger partial charge >= 0.3 is 0 Å². The van der Waals surface area contributed by atoms with Crippen LogP contribution >= 0.6 is 0 Å². The number of rotatable bonds is 5. The second kappa shape index (κ2) is 5.77. The van der Waals surface area contributed by atoms with Crippen LogP contribution in [0.3, 0.4) is 0 Å². The molecule has 0 aliphatic heterocycles. The van der Waals surface area contributed by atoms with Gasteiger partial charge in [0, 0.05) is 11.6 Å². The molecule has 5 heteroatoms. The van der Waals surface area contributed by atoms with Gasteiger partial charge in [-0.1, -0.05) is 12.1 Å². The second-order valence-electron chi connectivity index (χ2n) is 3.86. The summed E-state index contributed by atoms with van der Waals surface area (Å²) in [5.74, 6) is 0.559. The van der Waals surface area contributed by atoms with Gasteiger partial charge in [-0.15, -0.1) is 0 Å². The van der Waals surface area contributed by atoms with Gasteiger partial charge in [0.15, 0.2) is 0 Å². The molecule has 0 heterocycles. The number of hydrogen-bond acceptors (Lipinski definition) is 4. The Balaban J connectivity index is 2.09. The Morgan fingerprint density at radius 2 is 1.79 bits per heavy atom. The monoisotopic (exact) mass is 257 g/mol. The highest BCUT2D eigenvalue weighted by atomic mass is 16.6. The molecule has 0 N–H and O–H groups in total. The number of nitro benzene ring substituents is 1. The van der Waals surface area contributed by atoms with Crippen molar-refractivity contribution < 1.29 is 14.5 Å². The van der Waals surface area contributed by atoms with Gasteiger partial charge in [-0.25, -0.2) is 0 Å². The number of benzene rings is 2. The molecule has 2 aromatic rings. The standard InChI is InChI=1S/C14H11NO4/c16-9-11-5-7-13(8-6-11)19-10-12-3-1-2-4-14(12)15(17)18/h1-9H,10H2. The summed E-state index contributed by atoms with van der Waals surface area (Å²) in [6.45, 7) is 0.109. The van der Waals surface area contributed by atoms with E-state index in [1.165, 1.54) is 6.07 Å². The largest absolute Gasteiger partial charge is 0.489 e. The maximum Gasteiger partial charge on any atom is 0.276 e. The number of nitrogens with zero attached hydrogens (tertiary/aromatic N) is 1. The molecule has 0 aromatic heterocycles. The molecule has 0 aliphatic rings. The first kappa shape index (κ1) is 12.8. The zero-order valence-electron chi connectivity index (χ0n) is 9.98. The minimum Gasteiger partial charge on any atom is -0.489 e. The molecule has 0 atom stereocenters. The fourth-order valence-corrected chi connectivity index (χ4v) is 1.61. The van der Waals surface area contributed by atoms with Crippen LogP contribution in [0.25, 0.3) is 0 Å². The first-order valence-corrected chi connectivity index (χ1v) is 5.61. The van der Waals surface area contributed by atoms with Gasteiger partial charge in [-0.2, -0.15) is 0 Å². The van der Waals surface area contributed by atoms with E-state index in [2.05, 4.69) is 0 Å². The average molecular weight is 257 g/mol. The van der Waals surface area contributed by atoms with Gasteiger partial charge in [0.05, 0.1) is 10.5 Å². The van der Waals surface area contributed by atoms with E-state index in [9.17, 15) is 14.9 Å². The summed E-state index contributed by atoms with van der Waals surface area (Å²) in [6, 6.07) is 13.0. The van der Waals surface area contributed by atoms with E-state index in [0.29, 0.717) is 16.9 Å². The summed E-state index contributed by atoms with van der Waals surface area (Å²) >= 11 is 0. The summed E-state index contributed by atoms with van der Waals surface area (Å²) in [7, 11) is 0. The highest BCUT2D eigenvalue weighted by molar-refractivity contribution is 5.74. The Morgan fingerprint density at radius 3 is 2.42 bits per heavy atom. The van der Waals surface area contributed by atoms with Crippen LogP contribution in [0.2, 0.25) is 0 Å². The van der Waals surface area contributed by atoms with E-state index >= 15 is 0 Å². The van der Waals surface area contributed by atoms with E-state index in [-0.39, 0.29) is 12.3 Å². The molecule has 2 rings (SSSR count). The van der Waals surface area contributed by atoms with Crippen LogP contribution in [0.5, 0.6) is 5.75 Å². The number of ether oxygens (including phenoxy) is 1. The highest BCUT2D eigenvalue weighted by Gasteiger charge is 2.12. The van der Waals surface area contributed by atoms with Gasteiger partial charge in [-0.05, 0) is 30.3 Å². The van der Waals surface area contributed by atoms with Crippen molar-refractivity contribution in [1.82, 2.24) is 0 Å². The Hall–Kier alpha value is -2.69. The zero-order valence-corrected chi connectivity index (χ0v) is 9.98. The third-order valence-electron chi connectivity index (χ3n) is 2.60. The van der Waals surface area contributed by atoms with Crippen LogP contribution in [-0.2, 0) is 6.61 Å². The summed E-state index contributed by atoms with van der Waals surface area (Å²) in [5.41, 5.74) is 1.09. The van der Waals surface area contributed by atoms with Gasteiger partial charge in [0.2, 0.25) is 0 Å². The lowest BCUT2D eigenvalue weighted by molar-refractivity contribution is -0.385. The molecule has 19 heavy (non-hydrogen) atoms. The summed E-state index contributed by atoms with van der Waals surface area (Å²) in [6.07, 6.45) is 0.742. The summed E-state index contributed by atoms with van der Waals surface area (Å²) in [4.78, 5) is 20.9. The molecular formula is C14H11NO4. The van der Waals surface area contributed by atoms with Crippen molar-refractivity contribution in [3.63, 3.8) is 0 Å². The number of nitro groups is 1. The van der Waals surface area contributed by atoms with Crippen molar-refractivity contribution in [3.05, 3.63) is 69.8 Å². The molecule has 0 amide bonds. The Kier molecular flexibility index (Phi) is 3.87. The Morgan fingerprint density at radius 1 is 1.11 bits per heavy atom. The lowest BCUT2D eigenvalue weighted by Gasteiger charge is -2.06. The Labute approximate surface area is 109 Å². The SMILES string of the molecule is O=Cc1ccc(OCc2ccccc2[N+](=O)[O-])cc1. The third-order valence-corrected chi connectivity index (χ3v) is 2.60. The maximum absolute atomic E-state index is 10.8. The molecule has 0 fully saturated rings. The van der Waals surface area contributed by atoms with Crippen molar-refractivity contribution in [3.8, 4) is 5.75 Å². The predicted octanol–water partition coefficient (Wildman–Crippen LogP) is 2.99. The highest BCUT2D eigenvalue weighted by Crippen LogP contribution is 2.20. The van der Waals surface area contributed by atoms with Crippen LogP contribution in [0.1, 0.15) is 15.9 Å². The fraction of sp³-hybridized carbons (Fsp3) is 0.0714. The molecule has 96 valence electrons. The zero-order chi connectivity index (χ0) is 13.7. The van der Waals surface area contributed by atoms with Crippen LogP contribution in [-0.4, -0.2) is 11.2 Å². The molecule has 0 saturated heterocycles. The number of para-hydroxylation sites is 1. The van der Waals surface area contributed by atoms with Gasteiger partial charge in [0.25, 0.3) is 5.69 Å². The van der Waals surface area contributed by atoms with Crippen molar-refractivity contribution in [1.29, 1.82) is 0 Å². The van der Waals surface area contributed by atoms with E-state index in [0.717, 1.165) is 6.29 Å². The third kappa shape index (κ3) is 3.16. The fourth-order valence-electron chi connectivity index (χ4n) is 1.61. The molecular weight excluding hydrogens is 246 g/mol. The van der Waals surface area contributed by atoms with Crippen LogP contribution in [0.15, 0.2) is 48.5 Å². The lowest BCUT2D eigenvalue weighted by atomic mass is 10.2. The summed E-state index contributed by atoms with van der Waals surface area (Å²) in [5, 5.41) is 10.8. The minimum atomic E-state index is -0.436. The van der Waals surface area contributed by atoms with Crippen molar-refractivity contribution in [2.75, 3.05) is 0 Å². The molecule has 0 bridgehead atoms. The molecule has 0 spiro atoms. The predicted molar refractivity (Wildman–Crippen MR) is 69.3 cm³/mol. The van der Waals surface area contributed by atoms with E-state index in [1.807, 2.05) is 0 Å². The molecule has 2 aromatic carbocycles. The molecule has 0 radical (unpaired) electrons. The van der Waals surface area contributed by atoms with Crippen LogP contribution in [0, 0.1) is 10.1 Å². The maximum atomic E-state index is 10.8. The van der Waals surface area contributed by atoms with Crippen molar-refractivity contribution in [2.24, 2.45) is 0 Å².